The van der Waals surface area contributed by atoms with Crippen LogP contribution in [0.15, 0.2) is 47.7 Å². The Kier molecular flexibility index (Phi) is 10.3. The van der Waals surface area contributed by atoms with Gasteiger partial charge in [0.05, 0.1) is 18.2 Å². The molecule has 1 aliphatic heterocycles. The van der Waals surface area contributed by atoms with Crippen LogP contribution in [0.4, 0.5) is 0 Å². The highest BCUT2D eigenvalue weighted by Gasteiger charge is 2.65. The Morgan fingerprint density at radius 1 is 1.16 bits per heavy atom. The van der Waals surface area contributed by atoms with Crippen LogP contribution in [-0.2, 0) is 14.4 Å². The molecule has 5 rings (SSSR count). The van der Waals surface area contributed by atoms with Gasteiger partial charge in [0.25, 0.3) is 0 Å². The summed E-state index contributed by atoms with van der Waals surface area (Å²) in [5.41, 5.74) is 2.18. The van der Waals surface area contributed by atoms with Crippen LogP contribution in [0.5, 0.6) is 11.5 Å². The van der Waals surface area contributed by atoms with Gasteiger partial charge in [-0.2, -0.15) is 0 Å². The SMILES string of the molecule is C=CCO[C@@]12Oc3ccc(O)cc3[C@H]3[C@H](CCCCO)[C@@H](CCCCO)C=C(C(=NOC(C)(C)C)C[C@@H]1N(C)C(=O)C1CC1)[C@H]32. The number of rotatable bonds is 14. The maximum Gasteiger partial charge on any atom is 0.239 e. The molecule has 4 aliphatic rings. The lowest BCUT2D eigenvalue weighted by atomic mass is 9.55. The molecule has 0 saturated heterocycles. The van der Waals surface area contributed by atoms with E-state index < -0.39 is 17.4 Å². The number of hydrogen-bond acceptors (Lipinski definition) is 8. The predicted molar refractivity (Wildman–Crippen MR) is 173 cm³/mol. The maximum absolute atomic E-state index is 13.7. The van der Waals surface area contributed by atoms with Crippen molar-refractivity contribution < 1.29 is 34.4 Å². The normalized spacial score (nSPS) is 29.7. The summed E-state index contributed by atoms with van der Waals surface area (Å²) in [6.07, 6.45) is 11.1. The standard InChI is InChI=1S/C36H52N2O7/c1-6-19-43-36-31(38(5)34(42)23-13-14-23)22-29(37-45-35(2,3)4)27-20-24(11-7-9-17-39)26(12-8-10-18-40)32(33(27)36)28-21-25(41)15-16-30(28)44-36/h6,15-16,20-21,23-24,26,31-33,39-41H,1,7-14,17-19,22H2,2-5H3/t24-,26+,31-,32+,33+,36+/m0/s1. The largest absolute Gasteiger partial charge is 0.508 e. The van der Waals surface area contributed by atoms with E-state index in [0.29, 0.717) is 25.0 Å². The Morgan fingerprint density at radius 2 is 1.87 bits per heavy atom. The smallest absolute Gasteiger partial charge is 0.239 e. The summed E-state index contributed by atoms with van der Waals surface area (Å²) in [6, 6.07) is 4.77. The van der Waals surface area contributed by atoms with Crippen LogP contribution in [0.25, 0.3) is 0 Å². The number of aromatic hydroxyl groups is 1. The fraction of sp³-hybridized carbons (Fsp3) is 0.667. The zero-order valence-corrected chi connectivity index (χ0v) is 27.4. The van der Waals surface area contributed by atoms with Crippen LogP contribution >= 0.6 is 0 Å². The van der Waals surface area contributed by atoms with Crippen molar-refractivity contribution in [1.29, 1.82) is 0 Å². The Morgan fingerprint density at radius 3 is 2.51 bits per heavy atom. The van der Waals surface area contributed by atoms with Crippen LogP contribution in [-0.4, -0.2) is 76.1 Å². The minimum Gasteiger partial charge on any atom is -0.508 e. The number of aliphatic hydroxyl groups is 2. The van der Waals surface area contributed by atoms with Crippen LogP contribution in [0.1, 0.15) is 90.0 Å². The molecule has 1 aromatic rings. The average molecular weight is 625 g/mol. The van der Waals surface area contributed by atoms with Crippen molar-refractivity contribution in [2.45, 2.75) is 102 Å². The number of aliphatic hydroxyl groups excluding tert-OH is 2. The van der Waals surface area contributed by atoms with E-state index >= 15 is 0 Å². The van der Waals surface area contributed by atoms with Crippen molar-refractivity contribution in [3.63, 3.8) is 0 Å². The third-order valence-electron chi connectivity index (χ3n) is 9.83. The number of phenols is 1. The second-order valence-electron chi connectivity index (χ2n) is 14.2. The summed E-state index contributed by atoms with van der Waals surface area (Å²) >= 11 is 0. The summed E-state index contributed by atoms with van der Waals surface area (Å²) in [5.74, 6) is -0.537. The highest BCUT2D eigenvalue weighted by molar-refractivity contribution is 6.03. The molecule has 2 fully saturated rings. The van der Waals surface area contributed by atoms with Crippen molar-refractivity contribution in [3.05, 3.63) is 48.1 Å². The first-order valence-corrected chi connectivity index (χ1v) is 16.8. The zero-order valence-electron chi connectivity index (χ0n) is 27.4. The Bertz CT molecular complexity index is 1280. The second kappa shape index (κ2) is 13.9. The van der Waals surface area contributed by atoms with E-state index in [-0.39, 0.29) is 61.1 Å². The number of unbranched alkanes of at least 4 members (excludes halogenated alkanes) is 2. The van der Waals surface area contributed by atoms with Gasteiger partial charge in [0.15, 0.2) is 0 Å². The average Bonchev–Trinajstić information content (AvgIpc) is 3.85. The third-order valence-corrected chi connectivity index (χ3v) is 9.83. The van der Waals surface area contributed by atoms with E-state index in [1.54, 1.807) is 12.1 Å². The molecule has 0 unspecified atom stereocenters. The first-order chi connectivity index (χ1) is 21.5. The summed E-state index contributed by atoms with van der Waals surface area (Å²) in [5, 5.41) is 34.9. The number of oxime groups is 1. The van der Waals surface area contributed by atoms with Crippen LogP contribution in [0, 0.1) is 23.7 Å². The lowest BCUT2D eigenvalue weighted by Crippen LogP contribution is -2.69. The van der Waals surface area contributed by atoms with Gasteiger partial charge < -0.3 is 34.5 Å². The van der Waals surface area contributed by atoms with E-state index in [0.717, 1.165) is 55.4 Å². The molecule has 0 bridgehead atoms. The summed E-state index contributed by atoms with van der Waals surface area (Å²) in [6.45, 7) is 10.3. The van der Waals surface area contributed by atoms with Gasteiger partial charge >= 0.3 is 0 Å². The van der Waals surface area contributed by atoms with E-state index in [9.17, 15) is 20.1 Å². The van der Waals surface area contributed by atoms with Crippen LogP contribution in [0.3, 0.4) is 0 Å². The minimum absolute atomic E-state index is 0.00622. The number of phenolic OH excluding ortho intramolecular Hbond substituents is 1. The summed E-state index contributed by atoms with van der Waals surface area (Å²) in [4.78, 5) is 21.6. The van der Waals surface area contributed by atoms with Crippen molar-refractivity contribution in [1.82, 2.24) is 4.90 Å². The summed E-state index contributed by atoms with van der Waals surface area (Å²) < 4.78 is 13.8. The van der Waals surface area contributed by atoms with E-state index in [2.05, 4.69) is 12.7 Å². The number of fused-ring (bicyclic) bond motifs is 2. The van der Waals surface area contributed by atoms with Crippen molar-refractivity contribution in [2.24, 2.45) is 28.8 Å². The topological polar surface area (TPSA) is 121 Å². The number of amides is 1. The number of benzene rings is 1. The Balaban J connectivity index is 1.74. The number of likely N-dealkylation sites (N-methyl/N-ethyl adjacent to an activating group) is 1. The Hall–Kier alpha value is -2.88. The molecule has 45 heavy (non-hydrogen) atoms. The highest BCUT2D eigenvalue weighted by Crippen LogP contribution is 2.62. The molecule has 1 aromatic carbocycles. The van der Waals surface area contributed by atoms with E-state index in [4.69, 9.17) is 19.5 Å². The quantitative estimate of drug-likeness (QED) is 0.138. The first-order valence-electron chi connectivity index (χ1n) is 16.8. The molecule has 3 aliphatic carbocycles. The molecule has 0 aromatic heterocycles. The Labute approximate surface area is 267 Å². The second-order valence-corrected chi connectivity index (χ2v) is 14.2. The number of hydrogen-bond donors (Lipinski definition) is 3. The van der Waals surface area contributed by atoms with E-state index in [1.165, 1.54) is 0 Å². The summed E-state index contributed by atoms with van der Waals surface area (Å²) in [7, 11) is 1.85. The lowest BCUT2D eigenvalue weighted by Gasteiger charge is -2.59. The fourth-order valence-corrected chi connectivity index (χ4v) is 7.70. The first kappa shape index (κ1) is 33.5. The van der Waals surface area contributed by atoms with Gasteiger partial charge in [0.1, 0.15) is 23.1 Å². The van der Waals surface area contributed by atoms with Gasteiger partial charge in [-0.05, 0) is 94.9 Å². The minimum atomic E-state index is -1.24. The van der Waals surface area contributed by atoms with Gasteiger partial charge in [-0.15, -0.1) is 6.58 Å². The lowest BCUT2D eigenvalue weighted by molar-refractivity contribution is -0.256. The molecule has 9 heteroatoms. The van der Waals surface area contributed by atoms with Gasteiger partial charge in [-0.3, -0.25) is 4.79 Å². The molecule has 2 saturated carbocycles. The monoisotopic (exact) mass is 624 g/mol. The molecule has 0 radical (unpaired) electrons. The predicted octanol–water partition coefficient (Wildman–Crippen LogP) is 5.69. The number of ether oxygens (including phenoxy) is 2. The van der Waals surface area contributed by atoms with Crippen molar-refractivity contribution >= 4 is 11.6 Å². The van der Waals surface area contributed by atoms with Gasteiger partial charge in [-0.25, -0.2) is 0 Å². The molecular formula is C36H52N2O7. The molecule has 248 valence electrons. The van der Waals surface area contributed by atoms with Crippen LogP contribution < -0.4 is 4.74 Å². The van der Waals surface area contributed by atoms with Gasteiger partial charge in [-0.1, -0.05) is 30.1 Å². The van der Waals surface area contributed by atoms with Crippen molar-refractivity contribution in [2.75, 3.05) is 26.9 Å². The third kappa shape index (κ3) is 6.96. The number of allylic oxidation sites excluding steroid dienone is 1. The van der Waals surface area contributed by atoms with Crippen molar-refractivity contribution in [3.8, 4) is 11.5 Å². The van der Waals surface area contributed by atoms with Gasteiger partial charge in [0, 0.05) is 44.1 Å². The zero-order chi connectivity index (χ0) is 32.4. The molecule has 1 amide bonds. The molecule has 9 nitrogen and oxygen atoms in total. The fourth-order valence-electron chi connectivity index (χ4n) is 7.70. The number of nitrogens with zero attached hydrogens (tertiary/aromatic N) is 2. The number of carbonyl (C=O) groups is 1. The maximum atomic E-state index is 13.7. The number of carbonyl (C=O) groups excluding carboxylic acids is 1. The molecule has 6 atom stereocenters. The van der Waals surface area contributed by atoms with E-state index in [1.807, 2.05) is 44.9 Å². The molecule has 1 heterocycles. The highest BCUT2D eigenvalue weighted by atomic mass is 16.7. The molecule has 0 spiro atoms. The van der Waals surface area contributed by atoms with Gasteiger partial charge in [0.2, 0.25) is 11.7 Å². The molecular weight excluding hydrogens is 572 g/mol. The van der Waals surface area contributed by atoms with Crippen LogP contribution in [0.2, 0.25) is 0 Å². The molecule has 3 N–H and O–H groups in total.